The molecule has 0 bridgehead atoms. The smallest absolute Gasteiger partial charge is 0.0264 e. The topological polar surface area (TPSA) is 12.4 Å². The lowest BCUT2D eigenvalue weighted by molar-refractivity contribution is 1.22. The van der Waals surface area contributed by atoms with E-state index in [0.29, 0.717) is 0 Å². The Bertz CT molecular complexity index is 1930. The Hall–Kier alpha value is -5.53. The summed E-state index contributed by atoms with van der Waals surface area (Å²) in [4.78, 5) is 4.00. The first kappa shape index (κ1) is 30.9. The average Bonchev–Trinajstić information content (AvgIpc) is 3.07. The summed E-state index contributed by atoms with van der Waals surface area (Å²) in [6, 6.07) is 33.0. The first-order chi connectivity index (χ1) is 22.2. The second-order valence-corrected chi connectivity index (χ2v) is 10.8. The van der Waals surface area contributed by atoms with Gasteiger partial charge in [0, 0.05) is 12.4 Å². The van der Waals surface area contributed by atoms with Crippen molar-refractivity contribution in [1.29, 1.82) is 0 Å². The predicted molar refractivity (Wildman–Crippen MR) is 201 cm³/mol. The summed E-state index contributed by atoms with van der Waals surface area (Å²) in [5, 5.41) is 4.90. The molecule has 0 aliphatic heterocycles. The number of hydrogen-bond donors (Lipinski definition) is 0. The highest BCUT2D eigenvalue weighted by Gasteiger charge is 2.17. The lowest BCUT2D eigenvalue weighted by Gasteiger charge is -2.18. The van der Waals surface area contributed by atoms with Crippen LogP contribution in [0, 0.1) is 0 Å². The lowest BCUT2D eigenvalue weighted by Crippen LogP contribution is -1.94. The molecule has 5 aromatic carbocycles. The first-order valence-electron chi connectivity index (χ1n) is 15.4. The maximum absolute atomic E-state index is 4.07. The highest BCUT2D eigenvalue weighted by molar-refractivity contribution is 6.19. The standard InChI is InChI=1S/C44H39N/c1-5-16-36(20-15-19-34-27-25-33(26-28-34)18-13-14-31-45-8-4)43-39-21-9-11-23-41(39)44(42-24-12-10-22-40(42)43)38-30-29-35(7-3)37(32-38)17-6-2/h5-17,20-32H,1,3-4,18-19H2,2H3/b14-13-,17-6-,20-15-,36-16+,45-31-. The molecular weight excluding hydrogens is 542 g/mol. The van der Waals surface area contributed by atoms with Crippen LogP contribution < -0.4 is 0 Å². The molecule has 0 aliphatic carbocycles. The Morgan fingerprint density at radius 3 is 1.91 bits per heavy atom. The summed E-state index contributed by atoms with van der Waals surface area (Å²) >= 11 is 0. The zero-order chi connectivity index (χ0) is 31.4. The van der Waals surface area contributed by atoms with Crippen molar-refractivity contribution in [2.45, 2.75) is 19.8 Å². The first-order valence-corrected chi connectivity index (χ1v) is 15.4. The van der Waals surface area contributed by atoms with Gasteiger partial charge in [0.1, 0.15) is 0 Å². The van der Waals surface area contributed by atoms with Crippen molar-refractivity contribution in [3.05, 3.63) is 187 Å². The van der Waals surface area contributed by atoms with E-state index in [1.54, 1.807) is 6.21 Å². The molecule has 0 saturated carbocycles. The third-order valence-electron chi connectivity index (χ3n) is 7.90. The van der Waals surface area contributed by atoms with Crippen LogP contribution in [0.4, 0.5) is 0 Å². The quantitative estimate of drug-likeness (QED) is 0.0789. The van der Waals surface area contributed by atoms with Gasteiger partial charge < -0.3 is 0 Å². The third-order valence-corrected chi connectivity index (χ3v) is 7.90. The monoisotopic (exact) mass is 581 g/mol. The number of rotatable bonds is 12. The molecule has 0 aromatic heterocycles. The number of hydrogen-bond acceptors (Lipinski definition) is 1. The second-order valence-electron chi connectivity index (χ2n) is 10.8. The molecular formula is C44H39N. The van der Waals surface area contributed by atoms with E-state index < -0.39 is 0 Å². The second kappa shape index (κ2) is 15.3. The number of nitrogens with zero attached hydrogens (tertiary/aromatic N) is 1. The summed E-state index contributed by atoms with van der Waals surface area (Å²) in [6.07, 6.45) is 23.7. The molecule has 220 valence electrons. The summed E-state index contributed by atoms with van der Waals surface area (Å²) in [6.45, 7) is 13.7. The van der Waals surface area contributed by atoms with Gasteiger partial charge in [-0.05, 0) is 98.0 Å². The van der Waals surface area contributed by atoms with Crippen LogP contribution >= 0.6 is 0 Å². The van der Waals surface area contributed by atoms with Gasteiger partial charge >= 0.3 is 0 Å². The Morgan fingerprint density at radius 1 is 0.711 bits per heavy atom. The van der Waals surface area contributed by atoms with Gasteiger partial charge in [-0.1, -0.05) is 153 Å². The van der Waals surface area contributed by atoms with Crippen LogP contribution in [0.1, 0.15) is 34.7 Å². The van der Waals surface area contributed by atoms with Crippen molar-refractivity contribution in [3.63, 3.8) is 0 Å². The summed E-state index contributed by atoms with van der Waals surface area (Å²) in [7, 11) is 0. The zero-order valence-electron chi connectivity index (χ0n) is 26.0. The van der Waals surface area contributed by atoms with Crippen LogP contribution in [0.5, 0.6) is 0 Å². The van der Waals surface area contributed by atoms with Gasteiger partial charge in [-0.2, -0.15) is 0 Å². The van der Waals surface area contributed by atoms with Gasteiger partial charge in [-0.15, -0.1) is 0 Å². The van der Waals surface area contributed by atoms with E-state index in [0.717, 1.165) is 24.0 Å². The predicted octanol–water partition coefficient (Wildman–Crippen LogP) is 12.0. The summed E-state index contributed by atoms with van der Waals surface area (Å²) in [5.41, 5.74) is 9.65. The maximum Gasteiger partial charge on any atom is 0.0264 e. The van der Waals surface area contributed by atoms with Crippen LogP contribution in [0.3, 0.4) is 0 Å². The van der Waals surface area contributed by atoms with Crippen molar-refractivity contribution >= 4 is 45.5 Å². The van der Waals surface area contributed by atoms with Crippen LogP contribution in [0.25, 0.3) is 50.4 Å². The molecule has 0 amide bonds. The van der Waals surface area contributed by atoms with E-state index in [1.807, 2.05) is 18.2 Å². The van der Waals surface area contributed by atoms with Crippen LogP contribution in [-0.2, 0) is 12.8 Å². The minimum atomic E-state index is 0.841. The van der Waals surface area contributed by atoms with Gasteiger partial charge in [0.15, 0.2) is 0 Å². The molecule has 0 N–H and O–H groups in total. The van der Waals surface area contributed by atoms with Crippen molar-refractivity contribution < 1.29 is 0 Å². The molecule has 0 spiro atoms. The number of aliphatic imine (C=N–C) groups is 1. The summed E-state index contributed by atoms with van der Waals surface area (Å²) in [5.74, 6) is 0. The normalized spacial score (nSPS) is 12.3. The number of fused-ring (bicyclic) bond motifs is 2. The average molecular weight is 582 g/mol. The fourth-order valence-corrected chi connectivity index (χ4v) is 5.85. The highest BCUT2D eigenvalue weighted by atomic mass is 14.6. The molecule has 0 aliphatic rings. The molecule has 5 aromatic rings. The molecule has 0 radical (unpaired) electrons. The minimum Gasteiger partial charge on any atom is -0.265 e. The van der Waals surface area contributed by atoms with E-state index >= 15 is 0 Å². The van der Waals surface area contributed by atoms with E-state index in [2.05, 4.69) is 159 Å². The number of benzene rings is 5. The van der Waals surface area contributed by atoms with E-state index in [1.165, 1.54) is 61.1 Å². The Morgan fingerprint density at radius 2 is 1.33 bits per heavy atom. The largest absolute Gasteiger partial charge is 0.265 e. The lowest BCUT2D eigenvalue weighted by atomic mass is 9.85. The fraction of sp³-hybridized carbons (Fsp3) is 0.0682. The van der Waals surface area contributed by atoms with E-state index in [9.17, 15) is 0 Å². The SMILES string of the molecule is C=C/C=C(\C=C/Cc1ccc(C/C=C\C=N/C=C)cc1)c1c2ccccc2c(-c2ccc(C=C)c(/C=C\C)c2)c2ccccc12. The van der Waals surface area contributed by atoms with Gasteiger partial charge in [0.25, 0.3) is 0 Å². The minimum absolute atomic E-state index is 0.841. The molecule has 5 rings (SSSR count). The molecule has 0 heterocycles. The maximum atomic E-state index is 4.07. The van der Waals surface area contributed by atoms with E-state index in [4.69, 9.17) is 0 Å². The van der Waals surface area contributed by atoms with Crippen molar-refractivity contribution in [1.82, 2.24) is 0 Å². The van der Waals surface area contributed by atoms with Gasteiger partial charge in [-0.3, -0.25) is 4.99 Å². The van der Waals surface area contributed by atoms with Crippen molar-refractivity contribution in [2.24, 2.45) is 4.99 Å². The van der Waals surface area contributed by atoms with E-state index in [-0.39, 0.29) is 0 Å². The Labute approximate surface area is 268 Å². The van der Waals surface area contributed by atoms with Crippen LogP contribution in [-0.4, -0.2) is 6.21 Å². The molecule has 1 heteroatoms. The molecule has 0 fully saturated rings. The number of allylic oxidation sites excluding steroid dienone is 8. The Balaban J connectivity index is 1.55. The van der Waals surface area contributed by atoms with Crippen LogP contribution in [0.2, 0.25) is 0 Å². The molecule has 45 heavy (non-hydrogen) atoms. The highest BCUT2D eigenvalue weighted by Crippen LogP contribution is 2.42. The Kier molecular flexibility index (Phi) is 10.5. The molecule has 0 atom stereocenters. The van der Waals surface area contributed by atoms with Crippen molar-refractivity contribution in [2.75, 3.05) is 0 Å². The van der Waals surface area contributed by atoms with Gasteiger partial charge in [0.05, 0.1) is 0 Å². The zero-order valence-corrected chi connectivity index (χ0v) is 26.0. The molecule has 1 nitrogen and oxygen atoms in total. The summed E-state index contributed by atoms with van der Waals surface area (Å²) < 4.78 is 0. The molecule has 0 unspecified atom stereocenters. The molecule has 0 saturated heterocycles. The van der Waals surface area contributed by atoms with Crippen molar-refractivity contribution in [3.8, 4) is 11.1 Å². The van der Waals surface area contributed by atoms with Crippen LogP contribution in [0.15, 0.2) is 164 Å². The fourth-order valence-electron chi connectivity index (χ4n) is 5.85. The third kappa shape index (κ3) is 7.17. The van der Waals surface area contributed by atoms with Gasteiger partial charge in [0.2, 0.25) is 0 Å². The van der Waals surface area contributed by atoms with Gasteiger partial charge in [-0.25, -0.2) is 0 Å².